The fourth-order valence-electron chi connectivity index (χ4n) is 2.31. The smallest absolute Gasteiger partial charge is 0.225 e. The van der Waals surface area contributed by atoms with Crippen LogP contribution in [0.3, 0.4) is 0 Å². The van der Waals surface area contributed by atoms with Gasteiger partial charge in [0, 0.05) is 19.3 Å². The van der Waals surface area contributed by atoms with E-state index in [2.05, 4.69) is 10.1 Å². The van der Waals surface area contributed by atoms with E-state index in [0.29, 0.717) is 16.7 Å². The molecule has 0 aliphatic carbocycles. The highest BCUT2D eigenvalue weighted by molar-refractivity contribution is 6.36. The van der Waals surface area contributed by atoms with Gasteiger partial charge in [-0.1, -0.05) is 29.3 Å². The summed E-state index contributed by atoms with van der Waals surface area (Å²) in [5, 5.41) is 14.6. The molecule has 128 valence electrons. The van der Waals surface area contributed by atoms with Crippen LogP contribution in [0.15, 0.2) is 36.5 Å². The Balaban J connectivity index is 1.97. The van der Waals surface area contributed by atoms with Crippen molar-refractivity contribution in [3.63, 3.8) is 0 Å². The van der Waals surface area contributed by atoms with Crippen molar-refractivity contribution in [3.8, 4) is 17.4 Å². The number of benzene rings is 1. The highest BCUT2D eigenvalue weighted by Gasteiger charge is 2.16. The Labute approximate surface area is 155 Å². The first-order valence-electron chi connectivity index (χ1n) is 7.44. The summed E-state index contributed by atoms with van der Waals surface area (Å²) in [7, 11) is 1.77. The standard InChI is InChI=1S/C18H15Cl2N3O2/c1-11-13(7-6-12-5-3-4-8-21-12)18(23(2)22-11)25-17-10-16(24)14(19)9-15(17)20/h3-10,24H,1-2H3. The Kier molecular flexibility index (Phi) is 4.97. The number of rotatable bonds is 4. The molecule has 0 spiro atoms. The van der Waals surface area contributed by atoms with Crippen molar-refractivity contribution in [3.05, 3.63) is 63.5 Å². The zero-order chi connectivity index (χ0) is 18.0. The van der Waals surface area contributed by atoms with Gasteiger partial charge in [-0.15, -0.1) is 0 Å². The number of aromatic hydroxyl groups is 1. The summed E-state index contributed by atoms with van der Waals surface area (Å²) in [6, 6.07) is 8.48. The number of phenolic OH excluding ortho intramolecular Hbond substituents is 1. The van der Waals surface area contributed by atoms with Crippen LogP contribution in [0.2, 0.25) is 10.0 Å². The summed E-state index contributed by atoms with van der Waals surface area (Å²) in [5.41, 5.74) is 2.40. The number of phenols is 1. The lowest BCUT2D eigenvalue weighted by Gasteiger charge is -2.10. The van der Waals surface area contributed by atoms with Gasteiger partial charge in [-0.25, -0.2) is 4.68 Å². The monoisotopic (exact) mass is 375 g/mol. The Hall–Kier alpha value is -2.50. The third-order valence-electron chi connectivity index (χ3n) is 3.53. The van der Waals surface area contributed by atoms with Crippen LogP contribution in [-0.4, -0.2) is 19.9 Å². The van der Waals surface area contributed by atoms with Gasteiger partial charge in [-0.05, 0) is 37.3 Å². The molecule has 0 atom stereocenters. The summed E-state index contributed by atoms with van der Waals surface area (Å²) in [5.74, 6) is 0.679. The molecule has 0 aliphatic heterocycles. The third-order valence-corrected chi connectivity index (χ3v) is 4.13. The average Bonchev–Trinajstić information content (AvgIpc) is 2.85. The van der Waals surface area contributed by atoms with E-state index in [4.69, 9.17) is 27.9 Å². The number of halogens is 2. The van der Waals surface area contributed by atoms with Crippen molar-refractivity contribution in [2.45, 2.75) is 6.92 Å². The van der Waals surface area contributed by atoms with Gasteiger partial charge >= 0.3 is 0 Å². The summed E-state index contributed by atoms with van der Waals surface area (Å²) in [6.07, 6.45) is 5.48. The molecule has 0 saturated heterocycles. The summed E-state index contributed by atoms with van der Waals surface area (Å²) in [4.78, 5) is 4.26. The minimum absolute atomic E-state index is 0.106. The summed E-state index contributed by atoms with van der Waals surface area (Å²) >= 11 is 12.0. The quantitative estimate of drug-likeness (QED) is 0.688. The van der Waals surface area contributed by atoms with E-state index < -0.39 is 0 Å². The van der Waals surface area contributed by atoms with Gasteiger partial charge < -0.3 is 9.84 Å². The van der Waals surface area contributed by atoms with E-state index in [1.165, 1.54) is 12.1 Å². The van der Waals surface area contributed by atoms with Crippen molar-refractivity contribution in [1.82, 2.24) is 14.8 Å². The van der Waals surface area contributed by atoms with Crippen molar-refractivity contribution in [2.75, 3.05) is 0 Å². The van der Waals surface area contributed by atoms with Crippen molar-refractivity contribution in [2.24, 2.45) is 7.05 Å². The molecule has 1 aromatic carbocycles. The Bertz CT molecular complexity index is 937. The number of pyridine rings is 1. The highest BCUT2D eigenvalue weighted by atomic mass is 35.5. The van der Waals surface area contributed by atoms with Crippen molar-refractivity contribution < 1.29 is 9.84 Å². The maximum atomic E-state index is 9.78. The first kappa shape index (κ1) is 17.3. The maximum Gasteiger partial charge on any atom is 0.225 e. The van der Waals surface area contributed by atoms with Crippen LogP contribution in [0.1, 0.15) is 17.0 Å². The van der Waals surface area contributed by atoms with Gasteiger partial charge in [0.2, 0.25) is 5.88 Å². The van der Waals surface area contributed by atoms with Crippen molar-refractivity contribution >= 4 is 35.4 Å². The van der Waals surface area contributed by atoms with Gasteiger partial charge in [-0.2, -0.15) is 5.10 Å². The second-order valence-corrected chi connectivity index (χ2v) is 6.17. The van der Waals surface area contributed by atoms with Crippen LogP contribution in [0.4, 0.5) is 0 Å². The second-order valence-electron chi connectivity index (χ2n) is 5.35. The summed E-state index contributed by atoms with van der Waals surface area (Å²) < 4.78 is 7.50. The fraction of sp³-hybridized carbons (Fsp3) is 0.111. The molecule has 0 fully saturated rings. The predicted molar refractivity (Wildman–Crippen MR) is 99.3 cm³/mol. The number of aromatic nitrogens is 3. The lowest BCUT2D eigenvalue weighted by atomic mass is 10.2. The van der Waals surface area contributed by atoms with Gasteiger partial charge in [-0.3, -0.25) is 4.98 Å². The SMILES string of the molecule is Cc1nn(C)c(Oc2cc(O)c(Cl)cc2Cl)c1C=Cc1ccccn1. The topological polar surface area (TPSA) is 60.2 Å². The average molecular weight is 376 g/mol. The number of hydrogen-bond acceptors (Lipinski definition) is 4. The molecule has 7 heteroatoms. The largest absolute Gasteiger partial charge is 0.506 e. The predicted octanol–water partition coefficient (Wildman–Crippen LogP) is 5.10. The van der Waals surface area contributed by atoms with E-state index in [1.807, 2.05) is 37.3 Å². The van der Waals surface area contributed by atoms with Crippen LogP contribution < -0.4 is 4.74 Å². The van der Waals surface area contributed by atoms with Gasteiger partial charge in [0.15, 0.2) is 5.75 Å². The zero-order valence-corrected chi connectivity index (χ0v) is 15.1. The van der Waals surface area contributed by atoms with E-state index in [0.717, 1.165) is 17.0 Å². The zero-order valence-electron chi connectivity index (χ0n) is 13.6. The molecule has 0 bridgehead atoms. The van der Waals surface area contributed by atoms with Crippen molar-refractivity contribution in [1.29, 1.82) is 0 Å². The minimum Gasteiger partial charge on any atom is -0.506 e. The second kappa shape index (κ2) is 7.17. The van der Waals surface area contributed by atoms with Gasteiger partial charge in [0.1, 0.15) is 5.75 Å². The molecule has 2 heterocycles. The third kappa shape index (κ3) is 3.78. The van der Waals surface area contributed by atoms with Crippen LogP contribution >= 0.6 is 23.2 Å². The normalized spacial score (nSPS) is 11.2. The molecule has 0 radical (unpaired) electrons. The molecule has 25 heavy (non-hydrogen) atoms. The van der Waals surface area contributed by atoms with Crippen LogP contribution in [-0.2, 0) is 7.05 Å². The number of ether oxygens (including phenoxy) is 1. The van der Waals surface area contributed by atoms with Crippen LogP contribution in [0, 0.1) is 6.92 Å². The van der Waals surface area contributed by atoms with E-state index in [1.54, 1.807) is 17.9 Å². The first-order valence-corrected chi connectivity index (χ1v) is 8.20. The lowest BCUT2D eigenvalue weighted by Crippen LogP contribution is -1.96. The number of aryl methyl sites for hydroxylation is 2. The lowest BCUT2D eigenvalue weighted by molar-refractivity contribution is 0.422. The molecule has 0 amide bonds. The molecule has 0 unspecified atom stereocenters. The summed E-state index contributed by atoms with van der Waals surface area (Å²) in [6.45, 7) is 1.88. The highest BCUT2D eigenvalue weighted by Crippen LogP contribution is 2.38. The molecular formula is C18H15Cl2N3O2. The molecule has 2 aromatic heterocycles. The Morgan fingerprint density at radius 1 is 1.16 bits per heavy atom. The van der Waals surface area contributed by atoms with Gasteiger partial charge in [0.25, 0.3) is 0 Å². The fourth-order valence-corrected chi connectivity index (χ4v) is 2.73. The molecular weight excluding hydrogens is 361 g/mol. The molecule has 1 N–H and O–H groups in total. The Morgan fingerprint density at radius 3 is 2.68 bits per heavy atom. The molecule has 0 aliphatic rings. The van der Waals surface area contributed by atoms with E-state index >= 15 is 0 Å². The molecule has 3 rings (SSSR count). The van der Waals surface area contributed by atoms with Crippen LogP contribution in [0.5, 0.6) is 17.4 Å². The van der Waals surface area contributed by atoms with E-state index in [-0.39, 0.29) is 10.8 Å². The Morgan fingerprint density at radius 2 is 1.96 bits per heavy atom. The molecule has 3 aromatic rings. The van der Waals surface area contributed by atoms with Crippen LogP contribution in [0.25, 0.3) is 12.2 Å². The molecule has 0 saturated carbocycles. The van der Waals surface area contributed by atoms with Gasteiger partial charge in [0.05, 0.1) is 27.0 Å². The minimum atomic E-state index is -0.106. The maximum absolute atomic E-state index is 9.78. The number of nitrogens with zero attached hydrogens (tertiary/aromatic N) is 3. The number of hydrogen-bond donors (Lipinski definition) is 1. The van der Waals surface area contributed by atoms with E-state index in [9.17, 15) is 5.11 Å². The molecule has 5 nitrogen and oxygen atoms in total. The first-order chi connectivity index (χ1) is 12.0.